The molecule has 0 atom stereocenters. The van der Waals surface area contributed by atoms with E-state index in [4.69, 9.17) is 5.11 Å². The summed E-state index contributed by atoms with van der Waals surface area (Å²) >= 11 is 3.88. The second kappa shape index (κ2) is 5.39. The number of aromatic hydroxyl groups is 1. The van der Waals surface area contributed by atoms with Crippen molar-refractivity contribution >= 4 is 52.3 Å². The van der Waals surface area contributed by atoms with Crippen LogP contribution >= 0.6 is 12.6 Å². The maximum absolute atomic E-state index is 11.1. The van der Waals surface area contributed by atoms with E-state index in [2.05, 4.69) is 16.8 Å². The van der Waals surface area contributed by atoms with Crippen LogP contribution in [0.4, 0.5) is 0 Å². The molecule has 7 heteroatoms. The minimum Gasteiger partial charge on any atom is -0.507 e. The van der Waals surface area contributed by atoms with Crippen LogP contribution in [-0.2, 0) is 14.3 Å². The van der Waals surface area contributed by atoms with Crippen molar-refractivity contribution in [2.75, 3.05) is 7.11 Å². The maximum atomic E-state index is 11.1. The molecule has 0 bridgehead atoms. The van der Waals surface area contributed by atoms with Gasteiger partial charge in [-0.25, -0.2) is 0 Å². The summed E-state index contributed by atoms with van der Waals surface area (Å²) < 4.78 is 26.5. The van der Waals surface area contributed by atoms with E-state index >= 15 is 0 Å². The van der Waals surface area contributed by atoms with Crippen molar-refractivity contribution in [3.63, 3.8) is 0 Å². The Morgan fingerprint density at radius 3 is 2.43 bits per heavy atom. The fraction of sp³-hybridized carbons (Fsp3) is 0.143. The van der Waals surface area contributed by atoms with Crippen molar-refractivity contribution in [1.82, 2.24) is 0 Å². The molecule has 0 aromatic heterocycles. The van der Waals surface area contributed by atoms with Crippen molar-refractivity contribution in [2.45, 2.75) is 9.79 Å². The second-order valence-electron chi connectivity index (χ2n) is 2.27. The molecular weight excluding hydrogens is 235 g/mol. The van der Waals surface area contributed by atoms with Crippen LogP contribution < -0.4 is 0 Å². The van der Waals surface area contributed by atoms with E-state index in [1.165, 1.54) is 12.1 Å². The maximum Gasteiger partial charge on any atom is 0.296 e. The fourth-order valence-electron chi connectivity index (χ4n) is 0.755. The predicted molar refractivity (Wildman–Crippen MR) is 55.3 cm³/mol. The van der Waals surface area contributed by atoms with Crippen LogP contribution in [0, 0.1) is 0 Å². The van der Waals surface area contributed by atoms with E-state index in [9.17, 15) is 8.42 Å². The Morgan fingerprint density at radius 2 is 2.00 bits per heavy atom. The van der Waals surface area contributed by atoms with Gasteiger partial charge < -0.3 is 5.11 Å². The van der Waals surface area contributed by atoms with Crippen LogP contribution in [0.15, 0.2) is 28.0 Å². The molecule has 14 heavy (non-hydrogen) atoms. The third-order valence-corrected chi connectivity index (χ3v) is 3.10. The van der Waals surface area contributed by atoms with Crippen LogP contribution in [-0.4, -0.2) is 50.2 Å². The van der Waals surface area contributed by atoms with Gasteiger partial charge in [0.25, 0.3) is 10.1 Å². The van der Waals surface area contributed by atoms with Gasteiger partial charge in [0, 0.05) is 40.5 Å². The van der Waals surface area contributed by atoms with E-state index < -0.39 is 10.1 Å². The smallest absolute Gasteiger partial charge is 0.296 e. The van der Waals surface area contributed by atoms with Gasteiger partial charge in [0.05, 0.1) is 12.0 Å². The van der Waals surface area contributed by atoms with Crippen LogP contribution in [0.1, 0.15) is 0 Å². The van der Waals surface area contributed by atoms with Gasteiger partial charge >= 0.3 is 0 Å². The summed E-state index contributed by atoms with van der Waals surface area (Å²) in [5, 5.41) is 9.16. The first-order valence-corrected chi connectivity index (χ1v) is 5.15. The van der Waals surface area contributed by atoms with Crippen molar-refractivity contribution in [3.05, 3.63) is 18.2 Å². The first-order chi connectivity index (χ1) is 5.97. The third-order valence-electron chi connectivity index (χ3n) is 1.45. The average Bonchev–Trinajstić information content (AvgIpc) is 2.09. The number of benzene rings is 1. The monoisotopic (exact) mass is 243 g/mol. The molecule has 0 aliphatic heterocycles. The summed E-state index contributed by atoms with van der Waals surface area (Å²) in [6.07, 6.45) is 0. The zero-order valence-corrected chi connectivity index (χ0v) is 11.5. The predicted octanol–water partition coefficient (Wildman–Crippen LogP) is 0.635. The minimum atomic E-state index is -3.73. The zero-order valence-electron chi connectivity index (χ0n) is 7.76. The molecule has 0 saturated carbocycles. The molecule has 0 aliphatic carbocycles. The van der Waals surface area contributed by atoms with E-state index in [1.807, 2.05) is 0 Å². The van der Waals surface area contributed by atoms with Gasteiger partial charge in [-0.15, -0.1) is 12.6 Å². The summed E-state index contributed by atoms with van der Waals surface area (Å²) in [6.45, 7) is 0. The molecular formula is C7H8NaO4S2. The van der Waals surface area contributed by atoms with Crippen molar-refractivity contribution in [3.8, 4) is 5.75 Å². The Balaban J connectivity index is 0.00000169. The number of hydrogen-bond acceptors (Lipinski definition) is 5. The Labute approximate surface area is 110 Å². The summed E-state index contributed by atoms with van der Waals surface area (Å²) in [5.74, 6) is -0.193. The summed E-state index contributed by atoms with van der Waals surface area (Å²) in [6, 6.07) is 3.77. The Hall–Kier alpha value is 0.280. The molecule has 1 N–H and O–H groups in total. The summed E-state index contributed by atoms with van der Waals surface area (Å²) in [5.41, 5.74) is 0. The molecule has 1 aromatic rings. The molecule has 4 nitrogen and oxygen atoms in total. The van der Waals surface area contributed by atoms with E-state index in [0.717, 1.165) is 13.2 Å². The van der Waals surface area contributed by atoms with Crippen molar-refractivity contribution < 1.29 is 17.7 Å². The number of thiol groups is 1. The van der Waals surface area contributed by atoms with Gasteiger partial charge in [-0.1, -0.05) is 0 Å². The standard InChI is InChI=1S/C7H8O4S2.Na/c1-11-13(9,10)5-2-3-7(12)6(8)4-5;/h2-4,8,12H,1H3;. The molecule has 0 saturated heterocycles. The Morgan fingerprint density at radius 1 is 1.43 bits per heavy atom. The van der Waals surface area contributed by atoms with Crippen molar-refractivity contribution in [2.24, 2.45) is 0 Å². The largest absolute Gasteiger partial charge is 0.507 e. The molecule has 73 valence electrons. The molecule has 0 heterocycles. The third kappa shape index (κ3) is 3.15. The van der Waals surface area contributed by atoms with Crippen LogP contribution in [0.5, 0.6) is 5.75 Å². The van der Waals surface area contributed by atoms with Crippen LogP contribution in [0.25, 0.3) is 0 Å². The number of rotatable bonds is 2. The quantitative estimate of drug-likeness (QED) is 0.454. The normalized spacial score (nSPS) is 10.7. The van der Waals surface area contributed by atoms with Gasteiger partial charge in [0.1, 0.15) is 5.75 Å². The molecule has 1 radical (unpaired) electrons. The van der Waals surface area contributed by atoms with Gasteiger partial charge in [-0.05, 0) is 12.1 Å². The van der Waals surface area contributed by atoms with Gasteiger partial charge in [-0.2, -0.15) is 8.42 Å². The Bertz CT molecular complexity index is 416. The molecule has 0 fully saturated rings. The number of phenols is 1. The molecule has 0 aliphatic rings. The SMILES string of the molecule is COS(=O)(=O)c1ccc(S)c(O)c1.[Na]. The zero-order chi connectivity index (χ0) is 10.1. The molecule has 0 unspecified atom stereocenters. The molecule has 0 spiro atoms. The first-order valence-electron chi connectivity index (χ1n) is 3.30. The Kier molecular flexibility index (Phi) is 5.50. The van der Waals surface area contributed by atoms with E-state index in [0.29, 0.717) is 4.90 Å². The van der Waals surface area contributed by atoms with Gasteiger partial charge in [-0.3, -0.25) is 4.18 Å². The molecule has 0 amide bonds. The van der Waals surface area contributed by atoms with Gasteiger partial charge in [0.15, 0.2) is 0 Å². The van der Waals surface area contributed by atoms with Crippen molar-refractivity contribution in [1.29, 1.82) is 0 Å². The second-order valence-corrected chi connectivity index (χ2v) is 4.47. The van der Waals surface area contributed by atoms with Crippen LogP contribution in [0.3, 0.4) is 0 Å². The number of phenolic OH excluding ortho intramolecular Hbond substituents is 1. The first kappa shape index (κ1) is 14.3. The molecule has 1 aromatic carbocycles. The number of hydrogen-bond donors (Lipinski definition) is 2. The molecule has 1 rings (SSSR count). The van der Waals surface area contributed by atoms with Gasteiger partial charge in [0.2, 0.25) is 0 Å². The van der Waals surface area contributed by atoms with E-state index in [-0.39, 0.29) is 40.2 Å². The minimum absolute atomic E-state index is 0. The van der Waals surface area contributed by atoms with Crippen LogP contribution in [0.2, 0.25) is 0 Å². The topological polar surface area (TPSA) is 63.6 Å². The average molecular weight is 243 g/mol. The summed E-state index contributed by atoms with van der Waals surface area (Å²) in [4.78, 5) is 0.223. The van der Waals surface area contributed by atoms with E-state index in [1.54, 1.807) is 0 Å². The summed E-state index contributed by atoms with van der Waals surface area (Å²) in [7, 11) is -2.67. The fourth-order valence-corrected chi connectivity index (χ4v) is 1.58.